The molecule has 0 amide bonds. The zero-order valence-electron chi connectivity index (χ0n) is 28.8. The van der Waals surface area contributed by atoms with Crippen molar-refractivity contribution in [1.82, 2.24) is 19.9 Å². The molecular weight excluding hydrogens is 665 g/mol. The van der Waals surface area contributed by atoms with Crippen LogP contribution in [0.5, 0.6) is 0 Å². The molecule has 54 heavy (non-hydrogen) atoms. The van der Waals surface area contributed by atoms with Gasteiger partial charge in [-0.1, -0.05) is 146 Å². The third-order valence-electron chi connectivity index (χ3n) is 10.1. The Balaban J connectivity index is 1.16. The van der Waals surface area contributed by atoms with Gasteiger partial charge in [0, 0.05) is 54.9 Å². The molecule has 0 atom stereocenters. The predicted octanol–water partition coefficient (Wildman–Crippen LogP) is 12.6. The molecule has 0 spiro atoms. The summed E-state index contributed by atoms with van der Waals surface area (Å²) >= 11 is 0. The van der Waals surface area contributed by atoms with Crippen molar-refractivity contribution in [2.75, 3.05) is 0 Å². The molecule has 7 aromatic carbocycles. The zero-order chi connectivity index (χ0) is 35.6. The van der Waals surface area contributed by atoms with Gasteiger partial charge in [0.15, 0.2) is 17.5 Å². The molecule has 11 rings (SSSR count). The maximum atomic E-state index is 6.70. The highest BCUT2D eigenvalue weighted by atomic mass is 16.3. The molecule has 0 fully saturated rings. The maximum Gasteiger partial charge on any atom is 0.164 e. The Hall–Kier alpha value is -7.44. The summed E-state index contributed by atoms with van der Waals surface area (Å²) in [6.45, 7) is 0. The van der Waals surface area contributed by atoms with Gasteiger partial charge in [-0.3, -0.25) is 0 Å². The van der Waals surface area contributed by atoms with E-state index in [0.717, 1.165) is 93.9 Å². The van der Waals surface area contributed by atoms with Crippen molar-refractivity contribution in [3.63, 3.8) is 0 Å². The van der Waals surface area contributed by atoms with Crippen LogP contribution >= 0.6 is 0 Å². The number of pyridine rings is 1. The van der Waals surface area contributed by atoms with Crippen LogP contribution < -0.4 is 0 Å². The van der Waals surface area contributed by atoms with E-state index in [0.29, 0.717) is 17.5 Å². The van der Waals surface area contributed by atoms with Crippen LogP contribution in [0.1, 0.15) is 0 Å². The second-order valence-electron chi connectivity index (χ2n) is 13.4. The fourth-order valence-electron chi connectivity index (χ4n) is 7.61. The number of rotatable bonds is 5. The van der Waals surface area contributed by atoms with Gasteiger partial charge >= 0.3 is 0 Å². The summed E-state index contributed by atoms with van der Waals surface area (Å²) < 4.78 is 13.2. The average molecular weight is 693 g/mol. The summed E-state index contributed by atoms with van der Waals surface area (Å²) in [4.78, 5) is 20.5. The van der Waals surface area contributed by atoms with Crippen LogP contribution in [0, 0.1) is 0 Å². The van der Waals surface area contributed by atoms with Crippen molar-refractivity contribution in [3.05, 3.63) is 170 Å². The minimum absolute atomic E-state index is 0.580. The molecule has 0 saturated heterocycles. The van der Waals surface area contributed by atoms with Crippen LogP contribution in [-0.4, -0.2) is 19.9 Å². The maximum absolute atomic E-state index is 6.70. The molecule has 6 heteroatoms. The van der Waals surface area contributed by atoms with Gasteiger partial charge in [-0.25, -0.2) is 19.9 Å². The van der Waals surface area contributed by atoms with Crippen LogP contribution in [0.4, 0.5) is 0 Å². The van der Waals surface area contributed by atoms with E-state index in [9.17, 15) is 0 Å². The fourth-order valence-corrected chi connectivity index (χ4v) is 7.61. The summed E-state index contributed by atoms with van der Waals surface area (Å²) in [5, 5.41) is 5.05. The van der Waals surface area contributed by atoms with Crippen molar-refractivity contribution >= 4 is 54.8 Å². The van der Waals surface area contributed by atoms with Crippen molar-refractivity contribution in [2.45, 2.75) is 0 Å². The molecule has 4 heterocycles. The van der Waals surface area contributed by atoms with Crippen molar-refractivity contribution in [1.29, 1.82) is 0 Å². The summed E-state index contributed by atoms with van der Waals surface area (Å²) in [5.74, 6) is 1.80. The lowest BCUT2D eigenvalue weighted by molar-refractivity contribution is 0.670. The lowest BCUT2D eigenvalue weighted by Crippen LogP contribution is -2.00. The number of benzene rings is 7. The molecule has 0 radical (unpaired) electrons. The first-order chi connectivity index (χ1) is 26.8. The molecule has 0 aliphatic heterocycles. The van der Waals surface area contributed by atoms with Crippen LogP contribution in [0.2, 0.25) is 0 Å². The predicted molar refractivity (Wildman–Crippen MR) is 217 cm³/mol. The SMILES string of the molecule is c1ccc(-c2nc(-c3ccccc3)nc(-c3cccc(-c4nc5c(-c6cccc7c6oc6ccccc67)cccc5c5oc6ccccc6c45)c3)n2)cc1. The Bertz CT molecular complexity index is 3160. The van der Waals surface area contributed by atoms with Crippen molar-refractivity contribution in [3.8, 4) is 56.5 Å². The van der Waals surface area contributed by atoms with Crippen LogP contribution in [0.3, 0.4) is 0 Å². The van der Waals surface area contributed by atoms with E-state index in [1.165, 1.54) is 0 Å². The number of hydrogen-bond donors (Lipinski definition) is 0. The second-order valence-corrected chi connectivity index (χ2v) is 13.4. The standard InChI is InChI=1S/C48H28N4O2/c1-3-14-29(15-4-1)46-50-47(30-16-5-2-6-17-30)52-48(51-46)32-19-11-18-31(28-32)42-41-37-21-8-10-27-40(37)54-45(41)38-25-12-22-34(43(38)49-42)36-24-13-23-35-33-20-7-9-26-39(33)53-44(35)36/h1-28H. The Morgan fingerprint density at radius 1 is 0.333 bits per heavy atom. The van der Waals surface area contributed by atoms with E-state index in [2.05, 4.69) is 60.7 Å². The van der Waals surface area contributed by atoms with Crippen molar-refractivity contribution < 1.29 is 8.83 Å². The molecule has 0 aliphatic rings. The first kappa shape index (κ1) is 30.2. The van der Waals surface area contributed by atoms with E-state index in [-0.39, 0.29) is 0 Å². The molecular formula is C48H28N4O2. The Morgan fingerprint density at radius 3 is 1.56 bits per heavy atom. The van der Waals surface area contributed by atoms with Crippen LogP contribution in [0.25, 0.3) is 111 Å². The monoisotopic (exact) mass is 692 g/mol. The zero-order valence-corrected chi connectivity index (χ0v) is 28.8. The molecule has 0 saturated carbocycles. The first-order valence-electron chi connectivity index (χ1n) is 17.9. The lowest BCUT2D eigenvalue weighted by Gasteiger charge is -2.12. The molecule has 0 bridgehead atoms. The van der Waals surface area contributed by atoms with Gasteiger partial charge in [-0.15, -0.1) is 0 Å². The molecule has 6 nitrogen and oxygen atoms in total. The largest absolute Gasteiger partial charge is 0.455 e. The molecule has 11 aromatic rings. The summed E-state index contributed by atoms with van der Waals surface area (Å²) in [6.07, 6.45) is 0. The lowest BCUT2D eigenvalue weighted by atomic mass is 9.96. The first-order valence-corrected chi connectivity index (χ1v) is 17.9. The number of fused-ring (bicyclic) bond motifs is 8. The number of para-hydroxylation sites is 4. The highest BCUT2D eigenvalue weighted by Gasteiger charge is 2.22. The number of furan rings is 2. The normalized spacial score (nSPS) is 11.7. The number of nitrogens with zero attached hydrogens (tertiary/aromatic N) is 4. The van der Waals surface area contributed by atoms with Gasteiger partial charge < -0.3 is 8.83 Å². The van der Waals surface area contributed by atoms with Crippen LogP contribution in [-0.2, 0) is 0 Å². The third-order valence-corrected chi connectivity index (χ3v) is 10.1. The highest BCUT2D eigenvalue weighted by Crippen LogP contribution is 2.44. The Labute approximate surface area is 309 Å². The van der Waals surface area contributed by atoms with Gasteiger partial charge in [-0.2, -0.15) is 0 Å². The summed E-state index contributed by atoms with van der Waals surface area (Å²) in [6, 6.07) is 57.3. The van der Waals surface area contributed by atoms with Crippen molar-refractivity contribution in [2.24, 2.45) is 0 Å². The third kappa shape index (κ3) is 4.81. The van der Waals surface area contributed by atoms with Gasteiger partial charge in [-0.05, 0) is 24.3 Å². The van der Waals surface area contributed by atoms with Gasteiger partial charge in [0.2, 0.25) is 0 Å². The van der Waals surface area contributed by atoms with Crippen LogP contribution in [0.15, 0.2) is 179 Å². The molecule has 4 aromatic heterocycles. The van der Waals surface area contributed by atoms with E-state index < -0.39 is 0 Å². The smallest absolute Gasteiger partial charge is 0.164 e. The van der Waals surface area contributed by atoms with Gasteiger partial charge in [0.25, 0.3) is 0 Å². The van der Waals surface area contributed by atoms with E-state index in [1.54, 1.807) is 0 Å². The molecule has 0 aliphatic carbocycles. The average Bonchev–Trinajstić information content (AvgIpc) is 3.83. The molecule has 252 valence electrons. The van der Waals surface area contributed by atoms with Gasteiger partial charge in [0.1, 0.15) is 22.3 Å². The minimum Gasteiger partial charge on any atom is -0.455 e. The Morgan fingerprint density at radius 2 is 0.833 bits per heavy atom. The topological polar surface area (TPSA) is 77.8 Å². The minimum atomic E-state index is 0.580. The fraction of sp³-hybridized carbons (Fsp3) is 0. The Kier molecular flexibility index (Phi) is 6.75. The van der Waals surface area contributed by atoms with Gasteiger partial charge in [0.05, 0.1) is 16.6 Å². The summed E-state index contributed by atoms with van der Waals surface area (Å²) in [5.41, 5.74) is 10.5. The molecule has 0 unspecified atom stereocenters. The summed E-state index contributed by atoms with van der Waals surface area (Å²) in [7, 11) is 0. The molecule has 0 N–H and O–H groups in total. The number of hydrogen-bond acceptors (Lipinski definition) is 6. The number of aromatic nitrogens is 4. The quantitative estimate of drug-likeness (QED) is 0.179. The van der Waals surface area contributed by atoms with E-state index in [4.69, 9.17) is 28.8 Å². The second kappa shape index (κ2) is 12.1. The highest BCUT2D eigenvalue weighted by molar-refractivity contribution is 6.21. The van der Waals surface area contributed by atoms with E-state index >= 15 is 0 Å². The van der Waals surface area contributed by atoms with E-state index in [1.807, 2.05) is 109 Å².